The van der Waals surface area contributed by atoms with Gasteiger partial charge in [0.05, 0.1) is 18.7 Å². The van der Waals surface area contributed by atoms with Crippen LogP contribution >= 0.6 is 0 Å². The second kappa shape index (κ2) is 14.8. The number of ketones is 2. The molecule has 1 unspecified atom stereocenters. The molecule has 0 saturated heterocycles. The fraction of sp³-hybridized carbons (Fsp3) is 0.400. The van der Waals surface area contributed by atoms with Crippen LogP contribution in [0.2, 0.25) is 18.1 Å². The summed E-state index contributed by atoms with van der Waals surface area (Å²) >= 11 is 0. The van der Waals surface area contributed by atoms with E-state index in [1.165, 1.54) is 0 Å². The number of aliphatic hydroxyl groups excluding tert-OH is 1. The zero-order chi connectivity index (χ0) is 40.2. The standard InChI is InChI=1S/C45H52N2O8Si/c1-10-17-29-24-33(51-7)31-22-30-23-32-37(47(5)6)40-36(43(46-54-40)53-26-28-20-15-12-16-21-28)42(50)45(32,55-56(8,9)44(2,3)4)41(49)34(30)38(48)35(31)39(29)52-25-27-18-13-11-14-19-27/h10-21,24,30,32,37,49H,22-23,25-26H2,1-9H3/b17-10+/t30-,32-,37-,45?/m0/s1. The van der Waals surface area contributed by atoms with Crippen LogP contribution in [0.15, 0.2) is 88.7 Å². The number of aliphatic hydroxyl groups is 1. The van der Waals surface area contributed by atoms with E-state index in [4.69, 9.17) is 23.2 Å². The number of carbonyl (C=O) groups is 2. The van der Waals surface area contributed by atoms with Gasteiger partial charge >= 0.3 is 0 Å². The van der Waals surface area contributed by atoms with Crippen molar-refractivity contribution < 1.29 is 37.9 Å². The molecule has 11 heteroatoms. The molecule has 0 saturated carbocycles. The number of aromatic nitrogens is 1. The summed E-state index contributed by atoms with van der Waals surface area (Å²) in [6.07, 6.45) is 4.48. The molecule has 0 radical (unpaired) electrons. The van der Waals surface area contributed by atoms with Gasteiger partial charge in [0.15, 0.2) is 25.5 Å². The highest BCUT2D eigenvalue weighted by Gasteiger charge is 2.67. The maximum absolute atomic E-state index is 15.6. The first-order valence-corrected chi connectivity index (χ1v) is 22.1. The molecule has 1 heterocycles. The van der Waals surface area contributed by atoms with Gasteiger partial charge < -0.3 is 28.3 Å². The third kappa shape index (κ3) is 6.49. The van der Waals surface area contributed by atoms with Gasteiger partial charge in [-0.15, -0.1) is 0 Å². The summed E-state index contributed by atoms with van der Waals surface area (Å²) in [7, 11) is 2.53. The van der Waals surface area contributed by atoms with Crippen LogP contribution in [0.1, 0.15) is 88.9 Å². The van der Waals surface area contributed by atoms with Crippen LogP contribution in [-0.4, -0.2) is 61.9 Å². The van der Waals surface area contributed by atoms with Crippen molar-refractivity contribution in [1.82, 2.24) is 10.1 Å². The van der Waals surface area contributed by atoms with E-state index in [2.05, 4.69) is 39.0 Å². The van der Waals surface area contributed by atoms with E-state index in [0.29, 0.717) is 46.8 Å². The van der Waals surface area contributed by atoms with Gasteiger partial charge in [0.2, 0.25) is 5.78 Å². The maximum atomic E-state index is 15.6. The molecule has 4 atom stereocenters. The molecule has 294 valence electrons. The van der Waals surface area contributed by atoms with Crippen molar-refractivity contribution in [2.24, 2.45) is 11.8 Å². The third-order valence-electron chi connectivity index (χ3n) is 12.1. The Morgan fingerprint density at radius 1 is 0.982 bits per heavy atom. The van der Waals surface area contributed by atoms with Crippen molar-refractivity contribution in [2.75, 3.05) is 21.2 Å². The Kier molecular flexibility index (Phi) is 10.4. The van der Waals surface area contributed by atoms with Crippen molar-refractivity contribution in [1.29, 1.82) is 0 Å². The largest absolute Gasteiger partial charge is 0.508 e. The summed E-state index contributed by atoms with van der Waals surface area (Å²) in [6.45, 7) is 12.6. The molecule has 1 N–H and O–H groups in total. The highest BCUT2D eigenvalue weighted by molar-refractivity contribution is 6.74. The van der Waals surface area contributed by atoms with Crippen molar-refractivity contribution in [3.63, 3.8) is 0 Å². The summed E-state index contributed by atoms with van der Waals surface area (Å²) in [4.78, 5) is 32.9. The molecule has 1 aromatic heterocycles. The Balaban J connectivity index is 1.44. The first-order valence-electron chi connectivity index (χ1n) is 19.2. The van der Waals surface area contributed by atoms with Crippen LogP contribution < -0.4 is 14.2 Å². The molecule has 3 aromatic carbocycles. The molecule has 0 bridgehead atoms. The van der Waals surface area contributed by atoms with Gasteiger partial charge in [0.1, 0.15) is 36.0 Å². The van der Waals surface area contributed by atoms with E-state index >= 15 is 9.59 Å². The summed E-state index contributed by atoms with van der Waals surface area (Å²) in [5, 5.41) is 17.0. The number of allylic oxidation sites excluding steroid dienone is 2. The third-order valence-corrected chi connectivity index (χ3v) is 16.5. The van der Waals surface area contributed by atoms with Crippen LogP contribution in [-0.2, 0) is 24.1 Å². The van der Waals surface area contributed by atoms with Gasteiger partial charge in [-0.3, -0.25) is 14.5 Å². The smallest absolute Gasteiger partial charge is 0.265 e. The van der Waals surface area contributed by atoms with Gasteiger partial charge in [0, 0.05) is 22.6 Å². The fourth-order valence-electron chi connectivity index (χ4n) is 8.37. The molecule has 56 heavy (non-hydrogen) atoms. The van der Waals surface area contributed by atoms with Crippen molar-refractivity contribution >= 4 is 26.0 Å². The van der Waals surface area contributed by atoms with Crippen molar-refractivity contribution in [3.05, 3.63) is 123 Å². The lowest BCUT2D eigenvalue weighted by molar-refractivity contribution is -0.0480. The number of hydrogen-bond acceptors (Lipinski definition) is 10. The number of ether oxygens (including phenoxy) is 3. The Morgan fingerprint density at radius 3 is 2.18 bits per heavy atom. The van der Waals surface area contributed by atoms with Crippen molar-refractivity contribution in [2.45, 2.75) is 83.5 Å². The molecule has 0 aliphatic heterocycles. The zero-order valence-corrected chi connectivity index (χ0v) is 34.8. The Bertz CT molecular complexity index is 2200. The summed E-state index contributed by atoms with van der Waals surface area (Å²) < 4.78 is 32.0. The van der Waals surface area contributed by atoms with E-state index in [1.54, 1.807) is 7.11 Å². The molecule has 0 fully saturated rings. The normalized spacial score (nSPS) is 22.1. The zero-order valence-electron chi connectivity index (χ0n) is 33.8. The van der Waals surface area contributed by atoms with Crippen LogP contribution in [0.25, 0.3) is 6.08 Å². The SMILES string of the molecule is C/C=C/c1cc(OC)c2c(c1OCc1ccccc1)C(=O)C1=C(O)C3(O[Si](C)(C)C(C)(C)C)C(=O)c4c(OCc5ccccc5)noc4[C@@H](N(C)C)[C@@H]3C[C@@H]1C2. The van der Waals surface area contributed by atoms with E-state index < -0.39 is 43.4 Å². The number of hydrogen-bond donors (Lipinski definition) is 1. The fourth-order valence-corrected chi connectivity index (χ4v) is 9.82. The van der Waals surface area contributed by atoms with E-state index in [9.17, 15) is 5.11 Å². The lowest BCUT2D eigenvalue weighted by atomic mass is 9.58. The van der Waals surface area contributed by atoms with E-state index in [0.717, 1.165) is 11.1 Å². The minimum absolute atomic E-state index is 0.0231. The quantitative estimate of drug-likeness (QED) is 0.148. The number of methoxy groups -OCH3 is 1. The first kappa shape index (κ1) is 39.3. The van der Waals surface area contributed by atoms with E-state index in [1.807, 2.05) is 105 Å². The lowest BCUT2D eigenvalue weighted by Crippen LogP contribution is -2.65. The number of Topliss-reactive ketones (excluding diaryl/α,β-unsaturated/α-hetero) is 2. The van der Waals surface area contributed by atoms with Gasteiger partial charge in [-0.2, -0.15) is 0 Å². The van der Waals surface area contributed by atoms with Gasteiger partial charge in [-0.05, 0) is 80.3 Å². The van der Waals surface area contributed by atoms with Crippen LogP contribution in [0.4, 0.5) is 0 Å². The summed E-state index contributed by atoms with van der Waals surface area (Å²) in [6, 6.07) is 20.7. The minimum atomic E-state index is -2.88. The van der Waals surface area contributed by atoms with Gasteiger partial charge in [-0.25, -0.2) is 0 Å². The van der Waals surface area contributed by atoms with Crippen LogP contribution in [0.3, 0.4) is 0 Å². The second-order valence-electron chi connectivity index (χ2n) is 16.8. The molecule has 4 aromatic rings. The van der Waals surface area contributed by atoms with Crippen LogP contribution in [0.5, 0.6) is 17.4 Å². The highest BCUT2D eigenvalue weighted by atomic mass is 28.4. The maximum Gasteiger partial charge on any atom is 0.265 e. The number of benzene rings is 3. The number of carbonyl (C=O) groups excluding carboxylic acids is 2. The summed E-state index contributed by atoms with van der Waals surface area (Å²) in [5.74, 6) is -1.07. The minimum Gasteiger partial charge on any atom is -0.508 e. The number of nitrogens with zero attached hydrogens (tertiary/aromatic N) is 2. The molecular formula is C45H52N2O8Si. The average molecular weight is 777 g/mol. The number of rotatable bonds is 11. The van der Waals surface area contributed by atoms with Crippen LogP contribution in [0, 0.1) is 11.8 Å². The van der Waals surface area contributed by atoms with Gasteiger partial charge in [-0.1, -0.05) is 93.6 Å². The lowest BCUT2D eigenvalue weighted by Gasteiger charge is -2.55. The Hall–Kier alpha value is -4.97. The molecular weight excluding hydrogens is 725 g/mol. The molecule has 3 aliphatic rings. The molecule has 0 amide bonds. The van der Waals surface area contributed by atoms with Gasteiger partial charge in [0.25, 0.3) is 5.88 Å². The first-order chi connectivity index (χ1) is 26.6. The predicted octanol–water partition coefficient (Wildman–Crippen LogP) is 9.32. The van der Waals surface area contributed by atoms with E-state index in [-0.39, 0.29) is 41.0 Å². The second-order valence-corrected chi connectivity index (χ2v) is 21.5. The average Bonchev–Trinajstić information content (AvgIpc) is 3.58. The highest BCUT2D eigenvalue weighted by Crippen LogP contribution is 2.60. The molecule has 10 nitrogen and oxygen atoms in total. The molecule has 3 aliphatic carbocycles. The summed E-state index contributed by atoms with van der Waals surface area (Å²) in [5.41, 5.74) is 1.86. The topological polar surface area (TPSA) is 121 Å². The molecule has 7 rings (SSSR count). The Labute approximate surface area is 330 Å². The Morgan fingerprint density at radius 2 is 1.61 bits per heavy atom. The van der Waals surface area contributed by atoms with Crippen molar-refractivity contribution in [3.8, 4) is 17.4 Å². The number of fused-ring (bicyclic) bond motifs is 4. The molecule has 0 spiro atoms. The monoisotopic (exact) mass is 776 g/mol. The predicted molar refractivity (Wildman–Crippen MR) is 217 cm³/mol.